The molecule has 0 aromatic heterocycles. The van der Waals surface area contributed by atoms with Crippen LogP contribution in [0, 0.1) is 11.8 Å². The molecule has 1 saturated heterocycles. The van der Waals surface area contributed by atoms with Crippen LogP contribution in [0.3, 0.4) is 0 Å². The standard InChI is InChI=1S/C16H30N2/c1-13-4-2-3-5-16(13)18-10-8-15(9-11-18)17-12-14-6-7-14/h13-17H,2-12H2,1H3. The molecule has 2 atom stereocenters. The van der Waals surface area contributed by atoms with E-state index in [1.54, 1.807) is 0 Å². The predicted molar refractivity (Wildman–Crippen MR) is 76.7 cm³/mol. The summed E-state index contributed by atoms with van der Waals surface area (Å²) in [7, 11) is 0. The minimum absolute atomic E-state index is 0.820. The van der Waals surface area contributed by atoms with Gasteiger partial charge in [-0.15, -0.1) is 0 Å². The van der Waals surface area contributed by atoms with Crippen molar-refractivity contribution in [3.8, 4) is 0 Å². The van der Waals surface area contributed by atoms with Crippen LogP contribution in [0.4, 0.5) is 0 Å². The Bertz CT molecular complexity index is 254. The van der Waals surface area contributed by atoms with Gasteiger partial charge in [0.25, 0.3) is 0 Å². The Morgan fingerprint density at radius 2 is 1.67 bits per heavy atom. The first-order chi connectivity index (χ1) is 8.83. The zero-order chi connectivity index (χ0) is 12.4. The Kier molecular flexibility index (Phi) is 4.25. The van der Waals surface area contributed by atoms with Gasteiger partial charge in [-0.05, 0) is 70.0 Å². The Morgan fingerprint density at radius 1 is 0.944 bits per heavy atom. The van der Waals surface area contributed by atoms with Crippen molar-refractivity contribution in [3.63, 3.8) is 0 Å². The Balaban J connectivity index is 1.40. The summed E-state index contributed by atoms with van der Waals surface area (Å²) in [4.78, 5) is 2.80. The lowest BCUT2D eigenvalue weighted by atomic mass is 9.84. The van der Waals surface area contributed by atoms with Gasteiger partial charge in [0.15, 0.2) is 0 Å². The van der Waals surface area contributed by atoms with Crippen LogP contribution in [-0.4, -0.2) is 36.6 Å². The first kappa shape index (κ1) is 12.9. The lowest BCUT2D eigenvalue weighted by Gasteiger charge is -2.42. The lowest BCUT2D eigenvalue weighted by molar-refractivity contribution is 0.0814. The van der Waals surface area contributed by atoms with Crippen LogP contribution in [0.25, 0.3) is 0 Å². The Morgan fingerprint density at radius 3 is 2.33 bits per heavy atom. The van der Waals surface area contributed by atoms with E-state index in [-0.39, 0.29) is 0 Å². The van der Waals surface area contributed by atoms with Crippen LogP contribution in [0.5, 0.6) is 0 Å². The molecule has 3 fully saturated rings. The van der Waals surface area contributed by atoms with Gasteiger partial charge in [-0.1, -0.05) is 19.8 Å². The van der Waals surface area contributed by atoms with Gasteiger partial charge in [-0.25, -0.2) is 0 Å². The van der Waals surface area contributed by atoms with Crippen molar-refractivity contribution >= 4 is 0 Å². The maximum Gasteiger partial charge on any atom is 0.0121 e. The van der Waals surface area contributed by atoms with Crippen molar-refractivity contribution in [2.24, 2.45) is 11.8 Å². The third-order valence-corrected chi connectivity index (χ3v) is 5.46. The maximum atomic E-state index is 3.79. The molecule has 0 amide bonds. The fourth-order valence-electron chi connectivity index (χ4n) is 3.93. The van der Waals surface area contributed by atoms with Crippen molar-refractivity contribution in [3.05, 3.63) is 0 Å². The third-order valence-electron chi connectivity index (χ3n) is 5.46. The summed E-state index contributed by atoms with van der Waals surface area (Å²) in [6.45, 7) is 6.46. The molecule has 1 N–H and O–H groups in total. The highest BCUT2D eigenvalue weighted by Crippen LogP contribution is 2.31. The molecule has 0 radical (unpaired) electrons. The van der Waals surface area contributed by atoms with Gasteiger partial charge in [0.05, 0.1) is 0 Å². The van der Waals surface area contributed by atoms with E-state index in [4.69, 9.17) is 0 Å². The largest absolute Gasteiger partial charge is 0.314 e. The van der Waals surface area contributed by atoms with E-state index in [1.807, 2.05) is 0 Å². The van der Waals surface area contributed by atoms with Crippen LogP contribution in [0.2, 0.25) is 0 Å². The second kappa shape index (κ2) is 5.92. The van der Waals surface area contributed by atoms with Crippen molar-refractivity contribution in [2.75, 3.05) is 19.6 Å². The van der Waals surface area contributed by atoms with Crippen LogP contribution < -0.4 is 5.32 Å². The Hall–Kier alpha value is -0.0800. The predicted octanol–water partition coefficient (Wildman–Crippen LogP) is 3.03. The monoisotopic (exact) mass is 250 g/mol. The molecular weight excluding hydrogens is 220 g/mol. The average molecular weight is 250 g/mol. The molecule has 0 aromatic rings. The van der Waals surface area contributed by atoms with Crippen LogP contribution >= 0.6 is 0 Å². The van der Waals surface area contributed by atoms with Gasteiger partial charge in [0.2, 0.25) is 0 Å². The van der Waals surface area contributed by atoms with Crippen molar-refractivity contribution in [2.45, 2.75) is 70.4 Å². The molecule has 104 valence electrons. The summed E-state index contributed by atoms with van der Waals surface area (Å²) >= 11 is 0. The number of likely N-dealkylation sites (tertiary alicyclic amines) is 1. The molecule has 0 bridgehead atoms. The van der Waals surface area contributed by atoms with Crippen molar-refractivity contribution < 1.29 is 0 Å². The van der Waals surface area contributed by atoms with Crippen LogP contribution in [0.15, 0.2) is 0 Å². The van der Waals surface area contributed by atoms with Crippen molar-refractivity contribution in [1.29, 1.82) is 0 Å². The number of nitrogens with zero attached hydrogens (tertiary/aromatic N) is 1. The normalized spacial score (nSPS) is 35.8. The molecule has 2 heteroatoms. The number of hydrogen-bond donors (Lipinski definition) is 1. The molecule has 3 aliphatic rings. The highest BCUT2D eigenvalue weighted by molar-refractivity contribution is 4.87. The second-order valence-electron chi connectivity index (χ2n) is 6.99. The molecule has 1 heterocycles. The van der Waals surface area contributed by atoms with Crippen LogP contribution in [-0.2, 0) is 0 Å². The minimum Gasteiger partial charge on any atom is -0.314 e. The van der Waals surface area contributed by atoms with E-state index in [0.717, 1.165) is 23.9 Å². The van der Waals surface area contributed by atoms with E-state index >= 15 is 0 Å². The quantitative estimate of drug-likeness (QED) is 0.825. The third kappa shape index (κ3) is 3.27. The van der Waals surface area contributed by atoms with Gasteiger partial charge in [0.1, 0.15) is 0 Å². The minimum atomic E-state index is 0.820. The molecular formula is C16H30N2. The summed E-state index contributed by atoms with van der Waals surface area (Å²) in [5.41, 5.74) is 0. The zero-order valence-electron chi connectivity index (χ0n) is 12.0. The topological polar surface area (TPSA) is 15.3 Å². The average Bonchev–Trinajstić information content (AvgIpc) is 3.22. The molecule has 2 aliphatic carbocycles. The van der Waals surface area contributed by atoms with Gasteiger partial charge < -0.3 is 10.2 Å². The molecule has 0 aromatic carbocycles. The Labute approximate surface area is 113 Å². The van der Waals surface area contributed by atoms with Crippen LogP contribution in [0.1, 0.15) is 58.3 Å². The smallest absolute Gasteiger partial charge is 0.0121 e. The van der Waals surface area contributed by atoms with E-state index in [9.17, 15) is 0 Å². The van der Waals surface area contributed by atoms with Gasteiger partial charge in [0, 0.05) is 12.1 Å². The SMILES string of the molecule is CC1CCCCC1N1CCC(NCC2CC2)CC1. The molecule has 2 saturated carbocycles. The first-order valence-corrected chi connectivity index (χ1v) is 8.30. The fourth-order valence-corrected chi connectivity index (χ4v) is 3.93. The molecule has 2 nitrogen and oxygen atoms in total. The lowest BCUT2D eigenvalue weighted by Crippen LogP contribution is -2.49. The van der Waals surface area contributed by atoms with E-state index < -0.39 is 0 Å². The first-order valence-electron chi connectivity index (χ1n) is 8.30. The number of rotatable bonds is 4. The highest BCUT2D eigenvalue weighted by atomic mass is 15.2. The molecule has 18 heavy (non-hydrogen) atoms. The number of hydrogen-bond acceptors (Lipinski definition) is 2. The summed E-state index contributed by atoms with van der Waals surface area (Å²) in [6.07, 6.45) is 11.6. The summed E-state index contributed by atoms with van der Waals surface area (Å²) in [5.74, 6) is 1.97. The summed E-state index contributed by atoms with van der Waals surface area (Å²) in [6, 6.07) is 1.73. The van der Waals surface area contributed by atoms with Gasteiger partial charge in [-0.2, -0.15) is 0 Å². The van der Waals surface area contributed by atoms with Crippen molar-refractivity contribution in [1.82, 2.24) is 10.2 Å². The van der Waals surface area contributed by atoms with E-state index in [2.05, 4.69) is 17.1 Å². The number of nitrogens with one attached hydrogen (secondary N) is 1. The highest BCUT2D eigenvalue weighted by Gasteiger charge is 2.30. The van der Waals surface area contributed by atoms with E-state index in [0.29, 0.717) is 0 Å². The zero-order valence-corrected chi connectivity index (χ0v) is 12.0. The van der Waals surface area contributed by atoms with E-state index in [1.165, 1.54) is 71.0 Å². The molecule has 1 aliphatic heterocycles. The fraction of sp³-hybridized carbons (Fsp3) is 1.00. The summed E-state index contributed by atoms with van der Waals surface area (Å²) < 4.78 is 0. The molecule has 0 spiro atoms. The van der Waals surface area contributed by atoms with Gasteiger partial charge in [-0.3, -0.25) is 0 Å². The second-order valence-corrected chi connectivity index (χ2v) is 6.99. The maximum absolute atomic E-state index is 3.79. The number of piperidine rings is 1. The summed E-state index contributed by atoms with van der Waals surface area (Å²) in [5, 5.41) is 3.79. The van der Waals surface area contributed by atoms with Gasteiger partial charge >= 0.3 is 0 Å². The molecule has 2 unspecified atom stereocenters. The molecule has 3 rings (SSSR count).